The van der Waals surface area contributed by atoms with Crippen molar-refractivity contribution in [3.8, 4) is 11.8 Å². The largest absolute Gasteiger partial charge is 0.511 e. The first kappa shape index (κ1) is 26.8. The third kappa shape index (κ3) is 4.89. The molecule has 2 aromatic carbocycles. The number of hydrogen-bond donors (Lipinski definition) is 2. The first-order valence-corrected chi connectivity index (χ1v) is 13.8. The quantitative estimate of drug-likeness (QED) is 0.438. The Labute approximate surface area is 235 Å². The Kier molecular flexibility index (Phi) is 6.87. The number of ether oxygens (including phenoxy) is 1. The molecule has 3 N–H and O–H groups in total. The van der Waals surface area contributed by atoms with Crippen LogP contribution in [0.2, 0.25) is 0 Å². The monoisotopic (exact) mass is 559 g/mol. The maximum atomic E-state index is 15.8. The zero-order valence-electron chi connectivity index (χ0n) is 22.3. The molecule has 0 unspecified atom stereocenters. The van der Waals surface area contributed by atoms with Crippen LogP contribution in [0.5, 0.6) is 5.75 Å². The summed E-state index contributed by atoms with van der Waals surface area (Å²) in [5.74, 6) is -1.24. The average Bonchev–Trinajstić information content (AvgIpc) is 3.71. The number of carbonyl (C=O) groups excluding carboxylic acids is 1. The van der Waals surface area contributed by atoms with Crippen molar-refractivity contribution in [1.82, 2.24) is 9.47 Å². The number of fused-ring (bicyclic) bond motifs is 2. The molecule has 1 saturated carbocycles. The third-order valence-electron chi connectivity index (χ3n) is 8.45. The van der Waals surface area contributed by atoms with Crippen molar-refractivity contribution in [1.29, 1.82) is 5.26 Å². The number of pyridine rings is 1. The lowest BCUT2D eigenvalue weighted by Gasteiger charge is -2.38. The topological polar surface area (TPSA) is 142 Å². The number of rotatable bonds is 6. The second-order valence-electron chi connectivity index (χ2n) is 11.1. The summed E-state index contributed by atoms with van der Waals surface area (Å²) < 4.78 is 22.2. The smallest absolute Gasteiger partial charge is 0.449 e. The van der Waals surface area contributed by atoms with Gasteiger partial charge in [-0.3, -0.25) is 9.59 Å². The van der Waals surface area contributed by atoms with E-state index in [0.29, 0.717) is 26.1 Å². The number of nitrogens with zero attached hydrogens (tertiary/aromatic N) is 4. The van der Waals surface area contributed by atoms with Gasteiger partial charge in [0.05, 0.1) is 34.9 Å². The minimum Gasteiger partial charge on any atom is -0.449 e. The van der Waals surface area contributed by atoms with Crippen molar-refractivity contribution in [3.63, 3.8) is 0 Å². The van der Waals surface area contributed by atoms with E-state index < -0.39 is 29.2 Å². The molecule has 2 saturated heterocycles. The van der Waals surface area contributed by atoms with Gasteiger partial charge in [-0.25, -0.2) is 9.18 Å². The van der Waals surface area contributed by atoms with Crippen LogP contribution in [-0.4, -0.2) is 58.4 Å². The number of nitrogens with two attached hydrogens (primary N) is 1. The van der Waals surface area contributed by atoms with Gasteiger partial charge >= 0.3 is 6.16 Å². The molecule has 0 spiro atoms. The molecule has 3 heterocycles. The second-order valence-corrected chi connectivity index (χ2v) is 11.1. The standard InChI is InChI=1S/C30H30FN5O5/c31-22-12-20-26(36(19-8-9-19)16-25(28(20)37)41-30(39)40)21(13-32)27(22)34-14-18-7-4-10-35(24(18)15-34)29(38)23(33)11-17-5-2-1-3-6-17/h1-3,5-6,12,16,18-19,23-24H,4,7-11,14-15,33H2,(H,39,40)/t18-,23-,24+/m0/s1. The number of aromatic nitrogens is 1. The van der Waals surface area contributed by atoms with E-state index >= 15 is 4.39 Å². The lowest BCUT2D eigenvalue weighted by molar-refractivity contribution is -0.136. The van der Waals surface area contributed by atoms with Gasteiger partial charge < -0.3 is 29.9 Å². The molecule has 41 heavy (non-hydrogen) atoms. The Balaban J connectivity index is 1.35. The fraction of sp³-hybridized carbons (Fsp3) is 0.400. The van der Waals surface area contributed by atoms with Gasteiger partial charge in [0.1, 0.15) is 17.4 Å². The van der Waals surface area contributed by atoms with Crippen LogP contribution in [0.15, 0.2) is 47.4 Å². The number of benzene rings is 2. The van der Waals surface area contributed by atoms with E-state index in [2.05, 4.69) is 6.07 Å². The number of likely N-dealkylation sites (tertiary alicyclic amines) is 1. The average molecular weight is 560 g/mol. The summed E-state index contributed by atoms with van der Waals surface area (Å²) in [6.45, 7) is 1.35. The van der Waals surface area contributed by atoms with Crippen LogP contribution in [0, 0.1) is 23.1 Å². The molecule has 10 nitrogen and oxygen atoms in total. The molecule has 1 amide bonds. The van der Waals surface area contributed by atoms with E-state index in [1.165, 1.54) is 6.20 Å². The maximum Gasteiger partial charge on any atom is 0.511 e. The molecule has 3 aliphatic rings. The number of carboxylic acid groups (broad SMARTS) is 1. The number of anilines is 1. The van der Waals surface area contributed by atoms with Crippen molar-refractivity contribution in [2.75, 3.05) is 24.5 Å². The van der Waals surface area contributed by atoms with Crippen LogP contribution in [0.4, 0.5) is 14.9 Å². The number of carbonyl (C=O) groups is 2. The predicted octanol–water partition coefficient (Wildman–Crippen LogP) is 3.40. The molecule has 1 aromatic heterocycles. The third-order valence-corrected chi connectivity index (χ3v) is 8.45. The fourth-order valence-corrected chi connectivity index (χ4v) is 6.48. The van der Waals surface area contributed by atoms with Gasteiger partial charge in [0.25, 0.3) is 0 Å². The number of hydrogen-bond acceptors (Lipinski definition) is 7. The number of amides is 1. The second kappa shape index (κ2) is 10.5. The summed E-state index contributed by atoms with van der Waals surface area (Å²) >= 11 is 0. The van der Waals surface area contributed by atoms with Crippen LogP contribution in [0.25, 0.3) is 10.9 Å². The van der Waals surface area contributed by atoms with Crippen molar-refractivity contribution in [2.45, 2.75) is 50.2 Å². The van der Waals surface area contributed by atoms with E-state index in [-0.39, 0.29) is 46.1 Å². The number of piperidine rings is 1. The molecule has 3 atom stereocenters. The minimum atomic E-state index is -1.65. The molecule has 3 fully saturated rings. The SMILES string of the molecule is N#Cc1c(N2C[C@@H]3CCCN(C(=O)[C@@H](N)Cc4ccccc4)[C@@H]3C2)c(F)cc2c(=O)c(OC(=O)O)cn(C3CC3)c12. The molecular formula is C30H30FN5O5. The highest BCUT2D eigenvalue weighted by Gasteiger charge is 2.43. The molecule has 212 valence electrons. The highest BCUT2D eigenvalue weighted by molar-refractivity contribution is 5.92. The summed E-state index contributed by atoms with van der Waals surface area (Å²) in [6, 6.07) is 11.9. The Morgan fingerprint density at radius 2 is 1.95 bits per heavy atom. The van der Waals surface area contributed by atoms with Crippen LogP contribution < -0.4 is 20.8 Å². The van der Waals surface area contributed by atoms with Gasteiger partial charge in [0.15, 0.2) is 5.75 Å². The zero-order chi connectivity index (χ0) is 28.8. The Morgan fingerprint density at radius 3 is 2.63 bits per heavy atom. The van der Waals surface area contributed by atoms with Crippen molar-refractivity contribution >= 4 is 28.7 Å². The van der Waals surface area contributed by atoms with E-state index in [1.807, 2.05) is 35.2 Å². The minimum absolute atomic E-state index is 0.0168. The number of nitriles is 1. The first-order valence-electron chi connectivity index (χ1n) is 13.8. The molecular weight excluding hydrogens is 529 g/mol. The normalized spacial score (nSPS) is 20.9. The van der Waals surface area contributed by atoms with Gasteiger partial charge in [0.2, 0.25) is 11.3 Å². The summed E-state index contributed by atoms with van der Waals surface area (Å²) in [5, 5.41) is 19.3. The van der Waals surface area contributed by atoms with Crippen LogP contribution in [-0.2, 0) is 11.2 Å². The molecule has 6 rings (SSSR count). The van der Waals surface area contributed by atoms with Crippen molar-refractivity contribution < 1.29 is 23.8 Å². The van der Waals surface area contributed by atoms with Gasteiger partial charge in [-0.05, 0) is 49.7 Å². The summed E-state index contributed by atoms with van der Waals surface area (Å²) in [5.41, 5.74) is 6.92. The maximum absolute atomic E-state index is 15.8. The van der Waals surface area contributed by atoms with Gasteiger partial charge in [0, 0.05) is 25.7 Å². The van der Waals surface area contributed by atoms with E-state index in [4.69, 9.17) is 15.6 Å². The molecule has 3 aromatic rings. The van der Waals surface area contributed by atoms with Crippen molar-refractivity contribution in [2.24, 2.45) is 11.7 Å². The molecule has 0 radical (unpaired) electrons. The van der Waals surface area contributed by atoms with Crippen LogP contribution in [0.3, 0.4) is 0 Å². The van der Waals surface area contributed by atoms with Crippen LogP contribution in [0.1, 0.15) is 42.9 Å². The fourth-order valence-electron chi connectivity index (χ4n) is 6.48. The highest BCUT2D eigenvalue weighted by Crippen LogP contribution is 2.42. The van der Waals surface area contributed by atoms with Gasteiger partial charge in [-0.1, -0.05) is 30.3 Å². The molecule has 0 bridgehead atoms. The molecule has 11 heteroatoms. The molecule has 1 aliphatic carbocycles. The first-order chi connectivity index (χ1) is 19.8. The lowest BCUT2D eigenvalue weighted by atomic mass is 9.91. The Hall–Kier alpha value is -4.43. The summed E-state index contributed by atoms with van der Waals surface area (Å²) in [7, 11) is 0. The van der Waals surface area contributed by atoms with Gasteiger partial charge in [-0.15, -0.1) is 0 Å². The molecule has 2 aliphatic heterocycles. The van der Waals surface area contributed by atoms with Crippen LogP contribution >= 0.6 is 0 Å². The zero-order valence-corrected chi connectivity index (χ0v) is 22.3. The Bertz CT molecular complexity index is 1630. The summed E-state index contributed by atoms with van der Waals surface area (Å²) in [6.07, 6.45) is 3.28. The van der Waals surface area contributed by atoms with Gasteiger partial charge in [-0.2, -0.15) is 5.26 Å². The summed E-state index contributed by atoms with van der Waals surface area (Å²) in [4.78, 5) is 41.4. The Morgan fingerprint density at radius 1 is 1.20 bits per heavy atom. The van der Waals surface area contributed by atoms with E-state index in [0.717, 1.165) is 37.3 Å². The van der Waals surface area contributed by atoms with E-state index in [9.17, 15) is 19.6 Å². The van der Waals surface area contributed by atoms with E-state index in [1.54, 1.807) is 9.47 Å². The number of halogens is 1. The van der Waals surface area contributed by atoms with Crippen molar-refractivity contribution in [3.05, 3.63) is 69.8 Å². The predicted molar refractivity (Wildman–Crippen MR) is 148 cm³/mol. The lowest BCUT2D eigenvalue weighted by Crippen LogP contribution is -2.54. The highest BCUT2D eigenvalue weighted by atomic mass is 19.1.